The molecule has 0 aliphatic rings. The van der Waals surface area contributed by atoms with Gasteiger partial charge in [-0.25, -0.2) is 4.79 Å². The predicted molar refractivity (Wildman–Crippen MR) is 76.8 cm³/mol. The molecule has 90 valence electrons. The molecule has 0 atom stereocenters. The molecule has 0 fully saturated rings. The SMILES string of the molecule is Cc1nc(=O)n(Cc2sccc2Br)c(C)c1Br. The Morgan fingerprint density at radius 2 is 2.12 bits per heavy atom. The zero-order valence-electron chi connectivity index (χ0n) is 9.33. The molecule has 17 heavy (non-hydrogen) atoms. The summed E-state index contributed by atoms with van der Waals surface area (Å²) in [6, 6.07) is 1.98. The highest BCUT2D eigenvalue weighted by molar-refractivity contribution is 9.10. The standard InChI is InChI=1S/C11H10Br2N2OS/c1-6-10(13)7(2)15(11(16)14-6)5-9-8(12)3-4-17-9/h3-4H,5H2,1-2H3. The highest BCUT2D eigenvalue weighted by Gasteiger charge is 2.11. The summed E-state index contributed by atoms with van der Waals surface area (Å²) in [6.07, 6.45) is 0. The van der Waals surface area contributed by atoms with E-state index < -0.39 is 0 Å². The van der Waals surface area contributed by atoms with Gasteiger partial charge in [0.1, 0.15) is 0 Å². The molecule has 0 aliphatic carbocycles. The third kappa shape index (κ3) is 2.53. The molecule has 0 bridgehead atoms. The van der Waals surface area contributed by atoms with Crippen molar-refractivity contribution in [2.45, 2.75) is 20.4 Å². The minimum Gasteiger partial charge on any atom is -0.290 e. The van der Waals surface area contributed by atoms with E-state index in [2.05, 4.69) is 36.8 Å². The topological polar surface area (TPSA) is 34.9 Å². The van der Waals surface area contributed by atoms with E-state index >= 15 is 0 Å². The molecule has 0 amide bonds. The first-order valence-corrected chi connectivity index (χ1v) is 7.42. The van der Waals surface area contributed by atoms with Crippen LogP contribution < -0.4 is 5.69 Å². The summed E-state index contributed by atoms with van der Waals surface area (Å²) in [7, 11) is 0. The maximum Gasteiger partial charge on any atom is 0.348 e. The smallest absolute Gasteiger partial charge is 0.290 e. The maximum atomic E-state index is 11.9. The quantitative estimate of drug-likeness (QED) is 0.802. The Labute approximate surface area is 120 Å². The molecular formula is C11H10Br2N2OS. The van der Waals surface area contributed by atoms with Crippen molar-refractivity contribution in [2.24, 2.45) is 0 Å². The van der Waals surface area contributed by atoms with E-state index in [1.807, 2.05) is 25.3 Å². The van der Waals surface area contributed by atoms with Crippen LogP contribution >= 0.6 is 43.2 Å². The van der Waals surface area contributed by atoms with E-state index in [9.17, 15) is 4.79 Å². The van der Waals surface area contributed by atoms with E-state index in [-0.39, 0.29) is 5.69 Å². The average Bonchev–Trinajstić information content (AvgIpc) is 2.67. The molecule has 0 aliphatic heterocycles. The normalized spacial score (nSPS) is 10.8. The average molecular weight is 378 g/mol. The zero-order valence-corrected chi connectivity index (χ0v) is 13.3. The summed E-state index contributed by atoms with van der Waals surface area (Å²) in [4.78, 5) is 17.0. The van der Waals surface area contributed by atoms with E-state index in [0.717, 1.165) is 25.2 Å². The van der Waals surface area contributed by atoms with Crippen molar-refractivity contribution in [2.75, 3.05) is 0 Å². The van der Waals surface area contributed by atoms with Gasteiger partial charge in [-0.1, -0.05) is 0 Å². The fourth-order valence-corrected chi connectivity index (χ4v) is 3.31. The summed E-state index contributed by atoms with van der Waals surface area (Å²) in [5, 5.41) is 2.00. The Hall–Kier alpha value is -0.460. The molecule has 0 spiro atoms. The van der Waals surface area contributed by atoms with Crippen molar-refractivity contribution in [3.05, 3.63) is 47.1 Å². The molecule has 0 aromatic carbocycles. The van der Waals surface area contributed by atoms with E-state index in [0.29, 0.717) is 6.54 Å². The van der Waals surface area contributed by atoms with Gasteiger partial charge in [0.25, 0.3) is 0 Å². The number of rotatable bonds is 2. The van der Waals surface area contributed by atoms with Crippen LogP contribution in [-0.2, 0) is 6.54 Å². The summed E-state index contributed by atoms with van der Waals surface area (Å²) in [6.45, 7) is 4.29. The Morgan fingerprint density at radius 3 is 2.71 bits per heavy atom. The summed E-state index contributed by atoms with van der Waals surface area (Å²) in [5.74, 6) is 0. The number of aromatic nitrogens is 2. The second-order valence-electron chi connectivity index (χ2n) is 3.66. The Morgan fingerprint density at radius 1 is 1.41 bits per heavy atom. The molecule has 2 rings (SSSR count). The maximum absolute atomic E-state index is 11.9. The van der Waals surface area contributed by atoms with Gasteiger partial charge in [0.2, 0.25) is 0 Å². The largest absolute Gasteiger partial charge is 0.348 e. The number of halogens is 2. The van der Waals surface area contributed by atoms with Crippen LogP contribution in [0.5, 0.6) is 0 Å². The molecule has 0 saturated carbocycles. The number of aryl methyl sites for hydroxylation is 1. The first-order valence-electron chi connectivity index (χ1n) is 4.96. The molecule has 2 aromatic rings. The zero-order chi connectivity index (χ0) is 12.6. The number of thiophene rings is 1. The van der Waals surface area contributed by atoms with Crippen molar-refractivity contribution >= 4 is 43.2 Å². The third-order valence-electron chi connectivity index (χ3n) is 2.53. The van der Waals surface area contributed by atoms with Crippen LogP contribution in [0, 0.1) is 13.8 Å². The molecule has 3 nitrogen and oxygen atoms in total. The molecule has 6 heteroatoms. The Balaban J connectivity index is 2.51. The Bertz CT molecular complexity index is 618. The van der Waals surface area contributed by atoms with Gasteiger partial charge in [0.05, 0.1) is 16.7 Å². The van der Waals surface area contributed by atoms with E-state index in [4.69, 9.17) is 0 Å². The van der Waals surface area contributed by atoms with E-state index in [1.165, 1.54) is 0 Å². The summed E-state index contributed by atoms with van der Waals surface area (Å²) < 4.78 is 3.60. The van der Waals surface area contributed by atoms with Crippen molar-refractivity contribution in [1.82, 2.24) is 9.55 Å². The molecular weight excluding hydrogens is 368 g/mol. The first kappa shape index (κ1) is 13.0. The lowest BCUT2D eigenvalue weighted by atomic mass is 10.3. The lowest BCUT2D eigenvalue weighted by molar-refractivity contribution is 0.694. The number of hydrogen-bond donors (Lipinski definition) is 0. The number of nitrogens with zero attached hydrogens (tertiary/aromatic N) is 2. The van der Waals surface area contributed by atoms with Crippen LogP contribution in [-0.4, -0.2) is 9.55 Å². The van der Waals surface area contributed by atoms with Gasteiger partial charge in [-0.3, -0.25) is 4.57 Å². The fraction of sp³-hybridized carbons (Fsp3) is 0.273. The van der Waals surface area contributed by atoms with Crippen LogP contribution in [0.1, 0.15) is 16.3 Å². The van der Waals surface area contributed by atoms with Crippen molar-refractivity contribution in [1.29, 1.82) is 0 Å². The van der Waals surface area contributed by atoms with Crippen molar-refractivity contribution < 1.29 is 0 Å². The van der Waals surface area contributed by atoms with Crippen molar-refractivity contribution in [3.63, 3.8) is 0 Å². The summed E-state index contributed by atoms with van der Waals surface area (Å²) in [5.41, 5.74) is 1.43. The van der Waals surface area contributed by atoms with Gasteiger partial charge in [-0.15, -0.1) is 11.3 Å². The molecule has 0 unspecified atom stereocenters. The van der Waals surface area contributed by atoms with Gasteiger partial charge in [-0.2, -0.15) is 4.98 Å². The molecule has 2 heterocycles. The first-order chi connectivity index (χ1) is 8.00. The van der Waals surface area contributed by atoms with Gasteiger partial charge in [0.15, 0.2) is 0 Å². The lowest BCUT2D eigenvalue weighted by Crippen LogP contribution is -2.26. The number of hydrogen-bond acceptors (Lipinski definition) is 3. The van der Waals surface area contributed by atoms with Gasteiger partial charge in [0, 0.05) is 15.0 Å². The lowest BCUT2D eigenvalue weighted by Gasteiger charge is -2.11. The van der Waals surface area contributed by atoms with Crippen LogP contribution in [0.25, 0.3) is 0 Å². The highest BCUT2D eigenvalue weighted by Crippen LogP contribution is 2.24. The molecule has 0 N–H and O–H groups in total. The monoisotopic (exact) mass is 376 g/mol. The molecule has 2 aromatic heterocycles. The van der Waals surface area contributed by atoms with Crippen LogP contribution in [0.4, 0.5) is 0 Å². The second-order valence-corrected chi connectivity index (χ2v) is 6.31. The molecule has 0 radical (unpaired) electrons. The predicted octanol–water partition coefficient (Wildman–Crippen LogP) is 3.49. The minimum absolute atomic E-state index is 0.205. The minimum atomic E-state index is -0.205. The fourth-order valence-electron chi connectivity index (χ4n) is 1.54. The van der Waals surface area contributed by atoms with Crippen LogP contribution in [0.3, 0.4) is 0 Å². The summed E-state index contributed by atoms with van der Waals surface area (Å²) >= 11 is 8.55. The van der Waals surface area contributed by atoms with Gasteiger partial charge in [-0.05, 0) is 57.2 Å². The third-order valence-corrected chi connectivity index (χ3v) is 5.59. The van der Waals surface area contributed by atoms with Crippen LogP contribution in [0.15, 0.2) is 25.2 Å². The van der Waals surface area contributed by atoms with Crippen LogP contribution in [0.2, 0.25) is 0 Å². The highest BCUT2D eigenvalue weighted by atomic mass is 79.9. The Kier molecular flexibility index (Phi) is 3.85. The van der Waals surface area contributed by atoms with Crippen molar-refractivity contribution in [3.8, 4) is 0 Å². The van der Waals surface area contributed by atoms with Gasteiger partial charge < -0.3 is 0 Å². The van der Waals surface area contributed by atoms with E-state index in [1.54, 1.807) is 15.9 Å². The molecule has 0 saturated heterocycles. The second kappa shape index (κ2) is 5.04. The van der Waals surface area contributed by atoms with Gasteiger partial charge >= 0.3 is 5.69 Å².